The van der Waals surface area contributed by atoms with Crippen LogP contribution >= 0.6 is 0 Å². The molecule has 0 atom stereocenters. The molecule has 1 aliphatic heterocycles. The maximum absolute atomic E-state index is 12.5. The van der Waals surface area contributed by atoms with Crippen LogP contribution < -0.4 is 4.90 Å². The van der Waals surface area contributed by atoms with Gasteiger partial charge in [-0.25, -0.2) is 9.97 Å². The van der Waals surface area contributed by atoms with E-state index >= 15 is 0 Å². The van der Waals surface area contributed by atoms with Gasteiger partial charge in [0.2, 0.25) is 5.91 Å². The lowest BCUT2D eigenvalue weighted by Gasteiger charge is -2.35. The van der Waals surface area contributed by atoms with Gasteiger partial charge in [-0.05, 0) is 18.1 Å². The third kappa shape index (κ3) is 3.22. The molecule has 0 saturated carbocycles. The molecule has 3 aromatic rings. The Morgan fingerprint density at radius 2 is 2.00 bits per heavy atom. The van der Waals surface area contributed by atoms with Crippen LogP contribution in [0.25, 0.3) is 11.0 Å². The minimum absolute atomic E-state index is 0.197. The molecule has 4 heterocycles. The Kier molecular flexibility index (Phi) is 4.47. The highest BCUT2D eigenvalue weighted by Gasteiger charge is 2.23. The Labute approximate surface area is 151 Å². The first-order valence-corrected chi connectivity index (χ1v) is 8.77. The topological polar surface area (TPSA) is 80.0 Å². The van der Waals surface area contributed by atoms with E-state index in [0.29, 0.717) is 19.5 Å². The molecule has 3 aromatic heterocycles. The molecule has 0 unspecified atom stereocenters. The normalized spacial score (nSPS) is 14.8. The molecule has 1 aliphatic rings. The lowest BCUT2D eigenvalue weighted by Crippen LogP contribution is -2.49. The predicted octanol–water partition coefficient (Wildman–Crippen LogP) is 1.04. The predicted molar refractivity (Wildman–Crippen MR) is 97.7 cm³/mol. The van der Waals surface area contributed by atoms with Gasteiger partial charge in [0.25, 0.3) is 0 Å². The van der Waals surface area contributed by atoms with Crippen molar-refractivity contribution in [1.29, 1.82) is 0 Å². The number of amides is 1. The standard InChI is InChI=1S/C18H21N7O/c1-23-17-15(12-22-23)18(21-13-20-17)25-9-7-24(8-10-25)16(26)5-4-14-3-2-6-19-11-14/h2-3,6,11-13H,4-5,7-10H2,1H3. The fourth-order valence-electron chi connectivity index (χ4n) is 3.32. The lowest BCUT2D eigenvalue weighted by molar-refractivity contribution is -0.131. The van der Waals surface area contributed by atoms with E-state index in [1.165, 1.54) is 0 Å². The van der Waals surface area contributed by atoms with Crippen LogP contribution in [0.3, 0.4) is 0 Å². The van der Waals surface area contributed by atoms with Gasteiger partial charge in [-0.2, -0.15) is 5.10 Å². The summed E-state index contributed by atoms with van der Waals surface area (Å²) in [6, 6.07) is 3.91. The number of anilines is 1. The summed E-state index contributed by atoms with van der Waals surface area (Å²) >= 11 is 0. The third-order valence-electron chi connectivity index (χ3n) is 4.79. The quantitative estimate of drug-likeness (QED) is 0.699. The van der Waals surface area contributed by atoms with Crippen LogP contribution in [0.1, 0.15) is 12.0 Å². The Bertz CT molecular complexity index is 900. The number of aryl methyl sites for hydroxylation is 2. The summed E-state index contributed by atoms with van der Waals surface area (Å²) in [6.45, 7) is 2.94. The van der Waals surface area contributed by atoms with Gasteiger partial charge in [-0.1, -0.05) is 6.07 Å². The van der Waals surface area contributed by atoms with Gasteiger partial charge >= 0.3 is 0 Å². The smallest absolute Gasteiger partial charge is 0.223 e. The van der Waals surface area contributed by atoms with Crippen molar-refractivity contribution >= 4 is 22.8 Å². The number of fused-ring (bicyclic) bond motifs is 1. The van der Waals surface area contributed by atoms with Crippen molar-refractivity contribution in [3.63, 3.8) is 0 Å². The fourth-order valence-corrected chi connectivity index (χ4v) is 3.32. The van der Waals surface area contributed by atoms with Crippen molar-refractivity contribution in [2.24, 2.45) is 7.05 Å². The average molecular weight is 351 g/mol. The zero-order valence-electron chi connectivity index (χ0n) is 14.7. The second-order valence-electron chi connectivity index (χ2n) is 6.43. The van der Waals surface area contributed by atoms with Gasteiger partial charge in [0, 0.05) is 52.0 Å². The number of rotatable bonds is 4. The van der Waals surface area contributed by atoms with Gasteiger partial charge in [0.15, 0.2) is 5.65 Å². The second kappa shape index (κ2) is 7.07. The Balaban J connectivity index is 1.37. The number of hydrogen-bond donors (Lipinski definition) is 0. The summed E-state index contributed by atoms with van der Waals surface area (Å²) in [7, 11) is 1.87. The Hall–Kier alpha value is -3.03. The second-order valence-corrected chi connectivity index (χ2v) is 6.43. The van der Waals surface area contributed by atoms with Crippen molar-refractivity contribution in [2.75, 3.05) is 31.1 Å². The molecule has 0 radical (unpaired) electrons. The number of piperazine rings is 1. The first-order valence-electron chi connectivity index (χ1n) is 8.77. The minimum atomic E-state index is 0.197. The minimum Gasteiger partial charge on any atom is -0.352 e. The van der Waals surface area contributed by atoms with E-state index in [1.807, 2.05) is 30.3 Å². The molecule has 0 spiro atoms. The molecule has 1 fully saturated rings. The number of aromatic nitrogens is 5. The molecule has 0 bridgehead atoms. The zero-order chi connectivity index (χ0) is 17.9. The average Bonchev–Trinajstić information content (AvgIpc) is 3.08. The summed E-state index contributed by atoms with van der Waals surface area (Å²) in [5.41, 5.74) is 1.92. The van der Waals surface area contributed by atoms with Gasteiger partial charge in [-0.3, -0.25) is 14.5 Å². The van der Waals surface area contributed by atoms with Crippen LogP contribution in [0.15, 0.2) is 37.1 Å². The maximum Gasteiger partial charge on any atom is 0.223 e. The molecule has 134 valence electrons. The lowest BCUT2D eigenvalue weighted by atomic mass is 10.1. The number of pyridine rings is 1. The molecule has 0 aromatic carbocycles. The monoisotopic (exact) mass is 351 g/mol. The Morgan fingerprint density at radius 3 is 2.77 bits per heavy atom. The van der Waals surface area contributed by atoms with E-state index in [1.54, 1.807) is 23.4 Å². The summed E-state index contributed by atoms with van der Waals surface area (Å²) < 4.78 is 1.75. The number of carbonyl (C=O) groups is 1. The molecular formula is C18H21N7O. The van der Waals surface area contributed by atoms with Crippen molar-refractivity contribution in [1.82, 2.24) is 29.6 Å². The van der Waals surface area contributed by atoms with Gasteiger partial charge in [-0.15, -0.1) is 0 Å². The summed E-state index contributed by atoms with van der Waals surface area (Å²) in [4.78, 5) is 29.4. The van der Waals surface area contributed by atoms with Crippen LogP contribution in [-0.2, 0) is 18.3 Å². The Morgan fingerprint density at radius 1 is 1.15 bits per heavy atom. The van der Waals surface area contributed by atoms with Crippen molar-refractivity contribution in [3.05, 3.63) is 42.6 Å². The van der Waals surface area contributed by atoms with Crippen molar-refractivity contribution < 1.29 is 4.79 Å². The number of nitrogens with zero attached hydrogens (tertiary/aromatic N) is 7. The highest BCUT2D eigenvalue weighted by atomic mass is 16.2. The number of hydrogen-bond acceptors (Lipinski definition) is 6. The van der Waals surface area contributed by atoms with Gasteiger partial charge < -0.3 is 9.80 Å². The van der Waals surface area contributed by atoms with Crippen molar-refractivity contribution in [2.45, 2.75) is 12.8 Å². The molecule has 4 rings (SSSR count). The molecule has 1 amide bonds. The molecule has 0 N–H and O–H groups in total. The highest BCUT2D eigenvalue weighted by Crippen LogP contribution is 2.23. The van der Waals surface area contributed by atoms with Crippen molar-refractivity contribution in [3.8, 4) is 0 Å². The first-order chi connectivity index (χ1) is 12.7. The van der Waals surface area contributed by atoms with Crippen LogP contribution in [0.5, 0.6) is 0 Å². The molecule has 0 aliphatic carbocycles. The fraction of sp³-hybridized carbons (Fsp3) is 0.389. The molecule has 1 saturated heterocycles. The van der Waals surface area contributed by atoms with E-state index in [0.717, 1.165) is 41.9 Å². The third-order valence-corrected chi connectivity index (χ3v) is 4.79. The number of carbonyl (C=O) groups excluding carboxylic acids is 1. The van der Waals surface area contributed by atoms with E-state index in [2.05, 4.69) is 25.0 Å². The van der Waals surface area contributed by atoms with Crippen LogP contribution in [0, 0.1) is 0 Å². The van der Waals surface area contributed by atoms with Gasteiger partial charge in [0.05, 0.1) is 11.6 Å². The SMILES string of the molecule is Cn1ncc2c(N3CCN(C(=O)CCc4cccnc4)CC3)ncnc21. The largest absolute Gasteiger partial charge is 0.352 e. The first kappa shape index (κ1) is 16.4. The van der Waals surface area contributed by atoms with E-state index in [4.69, 9.17) is 0 Å². The van der Waals surface area contributed by atoms with Crippen LogP contribution in [0.2, 0.25) is 0 Å². The maximum atomic E-state index is 12.5. The summed E-state index contributed by atoms with van der Waals surface area (Å²) in [6.07, 6.45) is 8.19. The highest BCUT2D eigenvalue weighted by molar-refractivity contribution is 5.86. The molecule has 8 nitrogen and oxygen atoms in total. The molecule has 26 heavy (non-hydrogen) atoms. The summed E-state index contributed by atoms with van der Waals surface area (Å²) in [5.74, 6) is 1.09. The molecule has 8 heteroatoms. The van der Waals surface area contributed by atoms with E-state index in [-0.39, 0.29) is 5.91 Å². The van der Waals surface area contributed by atoms with Gasteiger partial charge in [0.1, 0.15) is 12.1 Å². The van der Waals surface area contributed by atoms with E-state index in [9.17, 15) is 4.79 Å². The molecular weight excluding hydrogens is 330 g/mol. The van der Waals surface area contributed by atoms with Crippen LogP contribution in [0.4, 0.5) is 5.82 Å². The zero-order valence-corrected chi connectivity index (χ0v) is 14.7. The van der Waals surface area contributed by atoms with Crippen LogP contribution in [-0.4, -0.2) is 61.7 Å². The van der Waals surface area contributed by atoms with E-state index < -0.39 is 0 Å². The summed E-state index contributed by atoms with van der Waals surface area (Å²) in [5, 5.41) is 5.22.